The van der Waals surface area contributed by atoms with Crippen LogP contribution in [0.3, 0.4) is 0 Å². The summed E-state index contributed by atoms with van der Waals surface area (Å²) >= 11 is 0. The lowest BCUT2D eigenvalue weighted by molar-refractivity contribution is 0.115. The van der Waals surface area contributed by atoms with Crippen LogP contribution in [0.4, 0.5) is 4.79 Å². The van der Waals surface area contributed by atoms with Gasteiger partial charge in [0.2, 0.25) is 0 Å². The van der Waals surface area contributed by atoms with Crippen LogP contribution in [-0.4, -0.2) is 50.1 Å². The lowest BCUT2D eigenvalue weighted by Gasteiger charge is -2.37. The number of carbonyl (C=O) groups is 1. The van der Waals surface area contributed by atoms with Crippen LogP contribution in [0.15, 0.2) is 0 Å². The summed E-state index contributed by atoms with van der Waals surface area (Å²) in [6.07, 6.45) is -0.923. The molecule has 0 aliphatic heterocycles. The smallest absolute Gasteiger partial charge is 0.407 e. The van der Waals surface area contributed by atoms with E-state index >= 15 is 0 Å². The molecule has 16 heavy (non-hydrogen) atoms. The molecule has 0 radical (unpaired) electrons. The Morgan fingerprint density at radius 1 is 1.31 bits per heavy atom. The van der Waals surface area contributed by atoms with Crippen LogP contribution in [0.25, 0.3) is 0 Å². The molecule has 0 saturated carbocycles. The predicted molar refractivity (Wildman–Crippen MR) is 64.7 cm³/mol. The van der Waals surface area contributed by atoms with Crippen molar-refractivity contribution in [2.24, 2.45) is 0 Å². The Kier molecular flexibility index (Phi) is 6.62. The minimum absolute atomic E-state index is 0.213. The predicted octanol–water partition coefficient (Wildman–Crippen LogP) is 2.06. The van der Waals surface area contributed by atoms with E-state index in [4.69, 9.17) is 14.0 Å². The molecule has 6 heteroatoms. The van der Waals surface area contributed by atoms with Gasteiger partial charge in [-0.05, 0) is 34.2 Å². The van der Waals surface area contributed by atoms with Gasteiger partial charge < -0.3 is 18.9 Å². The van der Waals surface area contributed by atoms with E-state index in [1.54, 1.807) is 0 Å². The maximum Gasteiger partial charge on any atom is 0.407 e. The highest BCUT2D eigenvalue weighted by Crippen LogP contribution is 2.18. The molecule has 0 aromatic heterocycles. The van der Waals surface area contributed by atoms with Crippen LogP contribution in [0, 0.1) is 0 Å². The molecule has 0 fully saturated rings. The summed E-state index contributed by atoms with van der Waals surface area (Å²) in [5.74, 6) is 0. The van der Waals surface area contributed by atoms with E-state index in [0.717, 1.165) is 0 Å². The molecule has 0 saturated heterocycles. The van der Waals surface area contributed by atoms with Crippen molar-refractivity contribution in [3.8, 4) is 0 Å². The molecule has 0 spiro atoms. The van der Waals surface area contributed by atoms with Gasteiger partial charge in [-0.15, -0.1) is 0 Å². The highest BCUT2D eigenvalue weighted by Gasteiger charge is 2.42. The maximum atomic E-state index is 11.1. The van der Waals surface area contributed by atoms with E-state index in [-0.39, 0.29) is 5.67 Å². The minimum Gasteiger partial charge on any atom is -0.465 e. The number of amides is 1. The number of rotatable bonds is 7. The summed E-state index contributed by atoms with van der Waals surface area (Å²) in [7, 11) is -2.45. The van der Waals surface area contributed by atoms with Crippen LogP contribution < -0.4 is 0 Å². The van der Waals surface area contributed by atoms with Crippen molar-refractivity contribution in [1.29, 1.82) is 0 Å². The summed E-state index contributed by atoms with van der Waals surface area (Å²) in [5.41, 5.74) is -0.213. The van der Waals surface area contributed by atoms with Crippen LogP contribution >= 0.6 is 0 Å². The van der Waals surface area contributed by atoms with Crippen molar-refractivity contribution < 1.29 is 18.8 Å². The summed E-state index contributed by atoms with van der Waals surface area (Å²) in [6, 6.07) is 0. The Morgan fingerprint density at radius 3 is 2.00 bits per heavy atom. The van der Waals surface area contributed by atoms with Gasteiger partial charge in [0, 0.05) is 19.8 Å². The van der Waals surface area contributed by atoms with Gasteiger partial charge in [0.1, 0.15) is 0 Å². The largest absolute Gasteiger partial charge is 0.465 e. The Hall–Kier alpha value is -0.593. The molecule has 5 nitrogen and oxygen atoms in total. The fourth-order valence-corrected chi connectivity index (χ4v) is 4.29. The van der Waals surface area contributed by atoms with Crippen LogP contribution in [0.5, 0.6) is 0 Å². The number of nitrogens with zero attached hydrogens (tertiary/aromatic N) is 1. The van der Waals surface area contributed by atoms with Crippen molar-refractivity contribution in [3.05, 3.63) is 0 Å². The molecule has 0 bridgehead atoms. The molecule has 1 N–H and O–H groups in total. The third-order valence-electron chi connectivity index (χ3n) is 2.67. The van der Waals surface area contributed by atoms with E-state index in [1.807, 2.05) is 34.2 Å². The van der Waals surface area contributed by atoms with Gasteiger partial charge in [0.05, 0.1) is 5.67 Å². The minimum atomic E-state index is -2.45. The maximum absolute atomic E-state index is 11.1. The van der Waals surface area contributed by atoms with Gasteiger partial charge in [-0.3, -0.25) is 0 Å². The van der Waals surface area contributed by atoms with E-state index in [9.17, 15) is 4.79 Å². The van der Waals surface area contributed by atoms with Crippen molar-refractivity contribution in [2.75, 3.05) is 19.8 Å². The first kappa shape index (κ1) is 15.4. The number of hydrogen-bond donors (Lipinski definition) is 1. The summed E-state index contributed by atoms with van der Waals surface area (Å²) < 4.78 is 11.4. The fourth-order valence-electron chi connectivity index (χ4n) is 1.71. The van der Waals surface area contributed by atoms with Crippen LogP contribution in [0.1, 0.15) is 27.7 Å². The van der Waals surface area contributed by atoms with E-state index < -0.39 is 14.7 Å². The van der Waals surface area contributed by atoms with Crippen molar-refractivity contribution >= 4 is 14.7 Å². The van der Waals surface area contributed by atoms with Gasteiger partial charge in [-0.2, -0.15) is 0 Å². The molecule has 0 heterocycles. The summed E-state index contributed by atoms with van der Waals surface area (Å²) in [4.78, 5) is 12.4. The third kappa shape index (κ3) is 3.77. The number of hydrogen-bond acceptors (Lipinski definition) is 3. The molecular weight excluding hydrogens is 226 g/mol. The molecule has 1 unspecified atom stereocenters. The average molecular weight is 249 g/mol. The van der Waals surface area contributed by atoms with Crippen molar-refractivity contribution in [2.45, 2.75) is 39.9 Å². The molecule has 0 rings (SSSR count). The quantitative estimate of drug-likeness (QED) is 0.702. The zero-order chi connectivity index (χ0) is 12.8. The first-order valence-electron chi connectivity index (χ1n) is 5.70. The Labute approximate surface area is 98.6 Å². The highest BCUT2D eigenvalue weighted by atomic mass is 28.4. The zero-order valence-electron chi connectivity index (χ0n) is 10.8. The normalized spacial score (nSPS) is 13.6. The van der Waals surface area contributed by atoms with Gasteiger partial charge in [-0.1, -0.05) is 0 Å². The third-order valence-corrected chi connectivity index (χ3v) is 6.23. The Balaban J connectivity index is 4.82. The number of carboxylic acid groups (broad SMARTS) is 1. The second kappa shape index (κ2) is 6.88. The second-order valence-electron chi connectivity index (χ2n) is 3.63. The van der Waals surface area contributed by atoms with E-state index in [0.29, 0.717) is 19.8 Å². The van der Waals surface area contributed by atoms with Gasteiger partial charge in [-0.25, -0.2) is 4.79 Å². The Morgan fingerprint density at radius 2 is 1.75 bits per heavy atom. The lowest BCUT2D eigenvalue weighted by Crippen LogP contribution is -2.58. The molecule has 1 amide bonds. The van der Waals surface area contributed by atoms with Gasteiger partial charge in [0.25, 0.3) is 0 Å². The first-order chi connectivity index (χ1) is 7.42. The molecule has 1 atom stereocenters. The van der Waals surface area contributed by atoms with Crippen LogP contribution in [-0.2, 0) is 8.85 Å². The second-order valence-corrected chi connectivity index (χ2v) is 7.07. The highest BCUT2D eigenvalue weighted by molar-refractivity contribution is 6.67. The van der Waals surface area contributed by atoms with Gasteiger partial charge in [0.15, 0.2) is 0 Å². The summed E-state index contributed by atoms with van der Waals surface area (Å²) in [5, 5.41) is 9.08. The topological polar surface area (TPSA) is 59.0 Å². The molecule has 0 aromatic carbocycles. The lowest BCUT2D eigenvalue weighted by atomic mass is 10.5. The molecule has 0 aliphatic rings. The first-order valence-corrected chi connectivity index (χ1v) is 8.09. The Bertz CT molecular complexity index is 219. The molecule has 0 aromatic rings. The molecule has 96 valence electrons. The molecular formula is C10H23NO4Si. The monoisotopic (exact) mass is 249 g/mol. The van der Waals surface area contributed by atoms with Crippen molar-refractivity contribution in [1.82, 2.24) is 4.90 Å². The van der Waals surface area contributed by atoms with E-state index in [2.05, 4.69) is 0 Å². The van der Waals surface area contributed by atoms with Gasteiger partial charge >= 0.3 is 14.7 Å². The van der Waals surface area contributed by atoms with Crippen LogP contribution in [0.2, 0.25) is 6.55 Å². The average Bonchev–Trinajstić information content (AvgIpc) is 2.18. The fraction of sp³-hybridized carbons (Fsp3) is 0.900. The van der Waals surface area contributed by atoms with E-state index in [1.165, 1.54) is 4.90 Å². The zero-order valence-corrected chi connectivity index (χ0v) is 11.8. The SMILES string of the molecule is CCO[Si](C)(OCC)C(C)N(CC)C(=O)O. The molecule has 0 aliphatic carbocycles. The summed E-state index contributed by atoms with van der Waals surface area (Å²) in [6.45, 7) is 10.9. The van der Waals surface area contributed by atoms with Crippen molar-refractivity contribution in [3.63, 3.8) is 0 Å². The standard InChI is InChI=1S/C10H23NO4Si/c1-6-11(10(12)13)9(4)16(5,14-7-2)15-8-3/h9H,6-8H2,1-5H3,(H,12,13).